The normalized spacial score (nSPS) is 21.4. The van der Waals surface area contributed by atoms with Crippen molar-refractivity contribution in [2.75, 3.05) is 19.3 Å². The van der Waals surface area contributed by atoms with Crippen LogP contribution in [0.2, 0.25) is 5.02 Å². The van der Waals surface area contributed by atoms with E-state index in [9.17, 15) is 0 Å². The maximum Gasteiger partial charge on any atom is 0.0438 e. The maximum absolute atomic E-state index is 6.59. The van der Waals surface area contributed by atoms with Gasteiger partial charge in [0.2, 0.25) is 0 Å². The third kappa shape index (κ3) is 5.79. The Morgan fingerprint density at radius 2 is 1.97 bits per heavy atom. The van der Waals surface area contributed by atoms with E-state index in [1.54, 1.807) is 0 Å². The summed E-state index contributed by atoms with van der Waals surface area (Å²) in [6, 6.07) is 15.5. The van der Waals surface area contributed by atoms with Crippen molar-refractivity contribution in [3.63, 3.8) is 0 Å². The molecule has 0 saturated heterocycles. The standard InChI is InChI=1S/C25H33ClN2S/c1-28(29-17-19-8-9-19)14-4-5-18-10-11-20-12-13-25(27)23(22(20)15-18)16-21-6-2-3-7-24(21)26/h2-3,6-7,10-11,15,19,23,25H,4-5,8-9,12-14,16-17,27H2,1H3. The lowest BCUT2D eigenvalue weighted by Gasteiger charge is -2.32. The monoisotopic (exact) mass is 428 g/mol. The number of nitrogens with two attached hydrogens (primary N) is 1. The van der Waals surface area contributed by atoms with E-state index in [-0.39, 0.29) is 6.04 Å². The van der Waals surface area contributed by atoms with E-state index >= 15 is 0 Å². The summed E-state index contributed by atoms with van der Waals surface area (Å²) in [6.45, 7) is 1.15. The average Bonchev–Trinajstić information content (AvgIpc) is 3.55. The third-order valence-corrected chi connectivity index (χ3v) is 8.05. The SMILES string of the molecule is CN(CCCc1ccc2c(c1)C(Cc1ccccc1Cl)C(N)CC2)SCC1CC1. The molecule has 2 aromatic carbocycles. The van der Waals surface area contributed by atoms with Gasteiger partial charge >= 0.3 is 0 Å². The van der Waals surface area contributed by atoms with Crippen LogP contribution >= 0.6 is 23.5 Å². The van der Waals surface area contributed by atoms with Crippen molar-refractivity contribution in [3.8, 4) is 0 Å². The molecule has 0 bridgehead atoms. The second kappa shape index (κ2) is 9.87. The summed E-state index contributed by atoms with van der Waals surface area (Å²) >= 11 is 8.46. The fraction of sp³-hybridized carbons (Fsp3) is 0.520. The zero-order chi connectivity index (χ0) is 20.2. The van der Waals surface area contributed by atoms with Crippen LogP contribution in [0, 0.1) is 5.92 Å². The summed E-state index contributed by atoms with van der Waals surface area (Å²) in [5, 5.41) is 0.856. The molecule has 0 heterocycles. The molecule has 156 valence electrons. The second-order valence-electron chi connectivity index (χ2n) is 8.83. The molecule has 2 nitrogen and oxygen atoms in total. The number of nitrogens with zero attached hydrogens (tertiary/aromatic N) is 1. The predicted molar refractivity (Wildman–Crippen MR) is 127 cm³/mol. The Labute approximate surface area is 185 Å². The van der Waals surface area contributed by atoms with Crippen molar-refractivity contribution >= 4 is 23.5 Å². The molecule has 29 heavy (non-hydrogen) atoms. The Bertz CT molecular complexity index is 820. The van der Waals surface area contributed by atoms with E-state index in [1.165, 1.54) is 47.3 Å². The van der Waals surface area contributed by atoms with E-state index < -0.39 is 0 Å². The zero-order valence-electron chi connectivity index (χ0n) is 17.4. The summed E-state index contributed by atoms with van der Waals surface area (Å²) < 4.78 is 2.42. The van der Waals surface area contributed by atoms with Crippen LogP contribution in [0.3, 0.4) is 0 Å². The van der Waals surface area contributed by atoms with Crippen LogP contribution in [0.15, 0.2) is 42.5 Å². The van der Waals surface area contributed by atoms with Crippen molar-refractivity contribution in [1.82, 2.24) is 4.31 Å². The quantitative estimate of drug-likeness (QED) is 0.507. The first-order valence-electron chi connectivity index (χ1n) is 11.0. The van der Waals surface area contributed by atoms with Crippen molar-refractivity contribution in [2.24, 2.45) is 11.7 Å². The average molecular weight is 429 g/mol. The van der Waals surface area contributed by atoms with Gasteiger partial charge in [-0.25, -0.2) is 0 Å². The van der Waals surface area contributed by atoms with Crippen LogP contribution < -0.4 is 5.73 Å². The number of rotatable bonds is 9. The molecule has 1 saturated carbocycles. The van der Waals surface area contributed by atoms with Gasteiger partial charge in [-0.2, -0.15) is 0 Å². The molecule has 2 atom stereocenters. The van der Waals surface area contributed by atoms with Crippen molar-refractivity contribution in [2.45, 2.75) is 56.9 Å². The van der Waals surface area contributed by atoms with Gasteiger partial charge in [-0.15, -0.1) is 0 Å². The molecule has 0 aliphatic heterocycles. The van der Waals surface area contributed by atoms with Gasteiger partial charge in [0.1, 0.15) is 0 Å². The number of hydrogen-bond acceptors (Lipinski definition) is 3. The molecule has 0 spiro atoms. The van der Waals surface area contributed by atoms with E-state index in [2.05, 4.69) is 41.7 Å². The molecular formula is C25H33ClN2S. The number of hydrogen-bond donors (Lipinski definition) is 1. The second-order valence-corrected chi connectivity index (χ2v) is 10.5. The molecule has 2 unspecified atom stereocenters. The Morgan fingerprint density at radius 3 is 2.76 bits per heavy atom. The molecular weight excluding hydrogens is 396 g/mol. The molecule has 4 rings (SSSR count). The van der Waals surface area contributed by atoms with Crippen LogP contribution in [0.4, 0.5) is 0 Å². The van der Waals surface area contributed by atoms with Crippen molar-refractivity contribution < 1.29 is 0 Å². The van der Waals surface area contributed by atoms with Crippen LogP contribution in [-0.4, -0.2) is 29.7 Å². The Hall–Kier alpha value is -1.000. The van der Waals surface area contributed by atoms with Gasteiger partial charge in [0.15, 0.2) is 0 Å². The van der Waals surface area contributed by atoms with E-state index in [4.69, 9.17) is 17.3 Å². The van der Waals surface area contributed by atoms with Gasteiger partial charge in [0.25, 0.3) is 0 Å². The minimum Gasteiger partial charge on any atom is -0.327 e. The van der Waals surface area contributed by atoms with E-state index in [0.717, 1.165) is 43.2 Å². The number of fused-ring (bicyclic) bond motifs is 1. The number of aryl methyl sites for hydroxylation is 2. The topological polar surface area (TPSA) is 29.3 Å². The van der Waals surface area contributed by atoms with Gasteiger partial charge in [0.05, 0.1) is 0 Å². The van der Waals surface area contributed by atoms with Crippen LogP contribution in [0.5, 0.6) is 0 Å². The first-order chi connectivity index (χ1) is 14.1. The Balaban J connectivity index is 1.40. The van der Waals surface area contributed by atoms with Crippen LogP contribution in [0.25, 0.3) is 0 Å². The Kier molecular flexibility index (Phi) is 7.23. The smallest absolute Gasteiger partial charge is 0.0438 e. The third-order valence-electron chi connectivity index (χ3n) is 6.44. The molecule has 2 aromatic rings. The van der Waals surface area contributed by atoms with Gasteiger partial charge in [-0.3, -0.25) is 4.31 Å². The highest BCUT2D eigenvalue weighted by atomic mass is 35.5. The molecule has 2 N–H and O–H groups in total. The highest BCUT2D eigenvalue weighted by molar-refractivity contribution is 7.97. The largest absolute Gasteiger partial charge is 0.327 e. The van der Waals surface area contributed by atoms with Gasteiger partial charge in [0, 0.05) is 29.3 Å². The van der Waals surface area contributed by atoms with Gasteiger partial charge in [-0.05, 0) is 86.2 Å². The van der Waals surface area contributed by atoms with Crippen molar-refractivity contribution in [3.05, 3.63) is 69.7 Å². The fourth-order valence-corrected chi connectivity index (χ4v) is 5.65. The number of halogens is 1. The molecule has 1 fully saturated rings. The summed E-state index contributed by atoms with van der Waals surface area (Å²) in [4.78, 5) is 0. The molecule has 0 aromatic heterocycles. The molecule has 2 aliphatic rings. The zero-order valence-corrected chi connectivity index (χ0v) is 19.0. The first kappa shape index (κ1) is 21.2. The molecule has 2 aliphatic carbocycles. The summed E-state index contributed by atoms with van der Waals surface area (Å²) in [5.74, 6) is 2.65. The minimum absolute atomic E-state index is 0.207. The maximum atomic E-state index is 6.59. The van der Waals surface area contributed by atoms with Gasteiger partial charge < -0.3 is 5.73 Å². The molecule has 0 amide bonds. The summed E-state index contributed by atoms with van der Waals surface area (Å²) in [7, 11) is 2.23. The van der Waals surface area contributed by atoms with Crippen LogP contribution in [0.1, 0.15) is 53.9 Å². The molecule has 4 heteroatoms. The van der Waals surface area contributed by atoms with Crippen LogP contribution in [-0.2, 0) is 19.3 Å². The highest BCUT2D eigenvalue weighted by Crippen LogP contribution is 2.36. The lowest BCUT2D eigenvalue weighted by Crippen LogP contribution is -2.34. The first-order valence-corrected chi connectivity index (χ1v) is 12.4. The Morgan fingerprint density at radius 1 is 1.14 bits per heavy atom. The van der Waals surface area contributed by atoms with Gasteiger partial charge in [-0.1, -0.05) is 59.9 Å². The lowest BCUT2D eigenvalue weighted by atomic mass is 9.76. The number of benzene rings is 2. The highest BCUT2D eigenvalue weighted by Gasteiger charge is 2.28. The summed E-state index contributed by atoms with van der Waals surface area (Å²) in [6.07, 6.45) is 8.30. The lowest BCUT2D eigenvalue weighted by molar-refractivity contribution is 0.467. The molecule has 0 radical (unpaired) electrons. The summed E-state index contributed by atoms with van der Waals surface area (Å²) in [5.41, 5.74) is 12.2. The van der Waals surface area contributed by atoms with Crippen molar-refractivity contribution in [1.29, 1.82) is 0 Å². The minimum atomic E-state index is 0.207. The predicted octanol–water partition coefficient (Wildman–Crippen LogP) is 5.86. The van der Waals surface area contributed by atoms with E-state index in [0.29, 0.717) is 5.92 Å². The van der Waals surface area contributed by atoms with E-state index in [1.807, 2.05) is 24.1 Å². The fourth-order valence-electron chi connectivity index (χ4n) is 4.38.